The summed E-state index contributed by atoms with van der Waals surface area (Å²) >= 11 is 0. The molecule has 0 atom stereocenters. The highest BCUT2D eigenvalue weighted by Crippen LogP contribution is 2.20. The van der Waals surface area contributed by atoms with Crippen molar-refractivity contribution in [2.45, 2.75) is 27.7 Å². The summed E-state index contributed by atoms with van der Waals surface area (Å²) in [4.78, 5) is 13.3. The van der Waals surface area contributed by atoms with E-state index in [2.05, 4.69) is 36.2 Å². The fourth-order valence-electron chi connectivity index (χ4n) is 1.78. The van der Waals surface area contributed by atoms with Gasteiger partial charge in [-0.25, -0.2) is 0 Å². The lowest BCUT2D eigenvalue weighted by Gasteiger charge is -2.22. The van der Waals surface area contributed by atoms with Gasteiger partial charge in [0.05, 0.1) is 5.41 Å². The molecule has 2 N–H and O–H groups in total. The molecule has 1 aromatic carbocycles. The van der Waals surface area contributed by atoms with Crippen molar-refractivity contribution in [3.63, 3.8) is 0 Å². The molecule has 0 aromatic heterocycles. The standard InChI is InChI=1S/C15H24N2O2/c1-5-17(6-2)13-9-7-12(8-10-13)16-11-15(3,4)14(18)19/h7-10,16H,5-6,11H2,1-4H3,(H,18,19). The molecule has 0 spiro atoms. The first-order valence-electron chi connectivity index (χ1n) is 6.73. The smallest absolute Gasteiger partial charge is 0.310 e. The van der Waals surface area contributed by atoms with Gasteiger partial charge in [0.2, 0.25) is 0 Å². The molecule has 0 saturated heterocycles. The highest BCUT2D eigenvalue weighted by molar-refractivity contribution is 5.74. The third-order valence-corrected chi connectivity index (χ3v) is 3.31. The Morgan fingerprint density at radius 1 is 1.21 bits per heavy atom. The maximum Gasteiger partial charge on any atom is 0.310 e. The van der Waals surface area contributed by atoms with Gasteiger partial charge in [-0.3, -0.25) is 4.79 Å². The van der Waals surface area contributed by atoms with E-state index in [1.807, 2.05) is 12.1 Å². The minimum atomic E-state index is -0.792. The maximum atomic E-state index is 11.0. The van der Waals surface area contributed by atoms with Crippen molar-refractivity contribution in [3.8, 4) is 0 Å². The van der Waals surface area contributed by atoms with E-state index in [1.165, 1.54) is 5.69 Å². The van der Waals surface area contributed by atoms with E-state index in [4.69, 9.17) is 5.11 Å². The monoisotopic (exact) mass is 264 g/mol. The Labute approximate surface area is 115 Å². The number of anilines is 2. The first-order valence-corrected chi connectivity index (χ1v) is 6.73. The fraction of sp³-hybridized carbons (Fsp3) is 0.533. The van der Waals surface area contributed by atoms with Gasteiger partial charge >= 0.3 is 5.97 Å². The molecule has 106 valence electrons. The largest absolute Gasteiger partial charge is 0.481 e. The van der Waals surface area contributed by atoms with Gasteiger partial charge in [-0.1, -0.05) is 0 Å². The minimum absolute atomic E-state index is 0.410. The van der Waals surface area contributed by atoms with Gasteiger partial charge in [0, 0.05) is 31.0 Å². The lowest BCUT2D eigenvalue weighted by molar-refractivity contribution is -0.146. The van der Waals surface area contributed by atoms with Crippen LogP contribution in [0.3, 0.4) is 0 Å². The molecule has 1 rings (SSSR count). The third-order valence-electron chi connectivity index (χ3n) is 3.31. The second-order valence-electron chi connectivity index (χ2n) is 5.26. The van der Waals surface area contributed by atoms with Gasteiger partial charge in [0.15, 0.2) is 0 Å². The van der Waals surface area contributed by atoms with E-state index in [0.29, 0.717) is 6.54 Å². The molecule has 19 heavy (non-hydrogen) atoms. The zero-order valence-corrected chi connectivity index (χ0v) is 12.2. The number of hydrogen-bond acceptors (Lipinski definition) is 3. The quantitative estimate of drug-likeness (QED) is 0.794. The summed E-state index contributed by atoms with van der Waals surface area (Å²) in [7, 11) is 0. The van der Waals surface area contributed by atoms with Crippen molar-refractivity contribution in [2.24, 2.45) is 5.41 Å². The molecule has 0 amide bonds. The average molecular weight is 264 g/mol. The molecule has 0 unspecified atom stereocenters. The van der Waals surface area contributed by atoms with Crippen LogP contribution in [-0.4, -0.2) is 30.7 Å². The summed E-state index contributed by atoms with van der Waals surface area (Å²) in [5.74, 6) is -0.792. The summed E-state index contributed by atoms with van der Waals surface area (Å²) < 4.78 is 0. The first kappa shape index (κ1) is 15.3. The zero-order chi connectivity index (χ0) is 14.5. The topological polar surface area (TPSA) is 52.6 Å². The van der Waals surface area contributed by atoms with Crippen LogP contribution in [0.25, 0.3) is 0 Å². The van der Waals surface area contributed by atoms with Crippen LogP contribution < -0.4 is 10.2 Å². The predicted octanol–water partition coefficient (Wildman–Crippen LogP) is 3.06. The number of nitrogens with zero attached hydrogens (tertiary/aromatic N) is 1. The summed E-state index contributed by atoms with van der Waals surface area (Å²) in [6.07, 6.45) is 0. The molecule has 0 aliphatic carbocycles. The van der Waals surface area contributed by atoms with Crippen LogP contribution in [0, 0.1) is 5.41 Å². The molecule has 0 aliphatic heterocycles. The summed E-state index contributed by atoms with van der Waals surface area (Å²) in [6.45, 7) is 10.1. The average Bonchev–Trinajstić information content (AvgIpc) is 2.39. The third kappa shape index (κ3) is 4.16. The maximum absolute atomic E-state index is 11.0. The molecule has 0 aliphatic rings. The highest BCUT2D eigenvalue weighted by Gasteiger charge is 2.26. The van der Waals surface area contributed by atoms with Crippen LogP contribution in [0.15, 0.2) is 24.3 Å². The van der Waals surface area contributed by atoms with Crippen molar-refractivity contribution < 1.29 is 9.90 Å². The number of carbonyl (C=O) groups is 1. The van der Waals surface area contributed by atoms with Crippen LogP contribution in [0.1, 0.15) is 27.7 Å². The molecule has 0 radical (unpaired) electrons. The second-order valence-corrected chi connectivity index (χ2v) is 5.26. The predicted molar refractivity (Wildman–Crippen MR) is 79.9 cm³/mol. The van der Waals surface area contributed by atoms with Crippen LogP contribution in [0.4, 0.5) is 11.4 Å². The summed E-state index contributed by atoms with van der Waals surface area (Å²) in [5, 5.41) is 12.2. The van der Waals surface area contributed by atoms with E-state index >= 15 is 0 Å². The van der Waals surface area contributed by atoms with E-state index < -0.39 is 11.4 Å². The molecule has 0 bridgehead atoms. The van der Waals surface area contributed by atoms with Crippen molar-refractivity contribution in [1.82, 2.24) is 0 Å². The van der Waals surface area contributed by atoms with Gasteiger partial charge in [-0.05, 0) is 52.0 Å². The normalized spacial score (nSPS) is 11.2. The Bertz CT molecular complexity index is 409. The molecule has 0 heterocycles. The van der Waals surface area contributed by atoms with Crippen molar-refractivity contribution >= 4 is 17.3 Å². The zero-order valence-electron chi connectivity index (χ0n) is 12.2. The van der Waals surface area contributed by atoms with Crippen molar-refractivity contribution in [3.05, 3.63) is 24.3 Å². The van der Waals surface area contributed by atoms with Gasteiger partial charge in [-0.2, -0.15) is 0 Å². The number of rotatable bonds is 7. The Hall–Kier alpha value is -1.71. The number of nitrogens with one attached hydrogen (secondary N) is 1. The Balaban J connectivity index is 2.65. The van der Waals surface area contributed by atoms with E-state index in [0.717, 1.165) is 18.8 Å². The summed E-state index contributed by atoms with van der Waals surface area (Å²) in [6, 6.07) is 8.10. The van der Waals surface area contributed by atoms with E-state index in [9.17, 15) is 4.79 Å². The molecule has 4 heteroatoms. The first-order chi connectivity index (χ1) is 8.90. The van der Waals surface area contributed by atoms with Gasteiger partial charge in [0.1, 0.15) is 0 Å². The molecular formula is C15H24N2O2. The second kappa shape index (κ2) is 6.45. The minimum Gasteiger partial charge on any atom is -0.481 e. The molecule has 4 nitrogen and oxygen atoms in total. The molecule has 0 saturated carbocycles. The molecule has 1 aromatic rings. The van der Waals surface area contributed by atoms with Crippen LogP contribution in [-0.2, 0) is 4.79 Å². The Morgan fingerprint density at radius 2 is 1.74 bits per heavy atom. The number of carboxylic acid groups (broad SMARTS) is 1. The van der Waals surface area contributed by atoms with Crippen LogP contribution in [0.2, 0.25) is 0 Å². The van der Waals surface area contributed by atoms with Crippen LogP contribution in [0.5, 0.6) is 0 Å². The number of hydrogen-bond donors (Lipinski definition) is 2. The fourth-order valence-corrected chi connectivity index (χ4v) is 1.78. The lowest BCUT2D eigenvalue weighted by atomic mass is 9.94. The molecular weight excluding hydrogens is 240 g/mol. The number of benzene rings is 1. The van der Waals surface area contributed by atoms with Gasteiger partial charge < -0.3 is 15.3 Å². The Morgan fingerprint density at radius 3 is 2.16 bits per heavy atom. The van der Waals surface area contributed by atoms with Gasteiger partial charge in [-0.15, -0.1) is 0 Å². The van der Waals surface area contributed by atoms with E-state index in [1.54, 1.807) is 13.8 Å². The van der Waals surface area contributed by atoms with Crippen LogP contribution >= 0.6 is 0 Å². The van der Waals surface area contributed by atoms with E-state index in [-0.39, 0.29) is 0 Å². The number of aliphatic carboxylic acids is 1. The number of carboxylic acids is 1. The van der Waals surface area contributed by atoms with Crippen molar-refractivity contribution in [2.75, 3.05) is 29.9 Å². The van der Waals surface area contributed by atoms with Crippen molar-refractivity contribution in [1.29, 1.82) is 0 Å². The highest BCUT2D eigenvalue weighted by atomic mass is 16.4. The lowest BCUT2D eigenvalue weighted by Crippen LogP contribution is -2.31. The Kier molecular flexibility index (Phi) is 5.21. The molecule has 0 fully saturated rings. The summed E-state index contributed by atoms with van der Waals surface area (Å²) in [5.41, 5.74) is 1.37. The van der Waals surface area contributed by atoms with Gasteiger partial charge in [0.25, 0.3) is 0 Å². The SMILES string of the molecule is CCN(CC)c1ccc(NCC(C)(C)C(=O)O)cc1.